The first-order valence-corrected chi connectivity index (χ1v) is 6.20. The van der Waals surface area contributed by atoms with Crippen LogP contribution < -0.4 is 15.4 Å². The third-order valence-corrected chi connectivity index (χ3v) is 2.67. The van der Waals surface area contributed by atoms with E-state index in [1.54, 1.807) is 0 Å². The summed E-state index contributed by atoms with van der Waals surface area (Å²) in [5.41, 5.74) is 2.32. The number of rotatable bonds is 6. The maximum absolute atomic E-state index is 11.5. The van der Waals surface area contributed by atoms with Crippen molar-refractivity contribution in [2.75, 3.05) is 19.7 Å². The Labute approximate surface area is 113 Å². The minimum Gasteiger partial charge on any atom is -0.484 e. The van der Waals surface area contributed by atoms with Gasteiger partial charge in [0.15, 0.2) is 6.61 Å². The normalized spacial score (nSPS) is 9.84. The van der Waals surface area contributed by atoms with Crippen LogP contribution in [0, 0.1) is 13.8 Å². The molecule has 104 valence electrons. The van der Waals surface area contributed by atoms with Gasteiger partial charge in [0.05, 0.1) is 0 Å². The molecule has 2 N–H and O–H groups in total. The van der Waals surface area contributed by atoms with Gasteiger partial charge in [0.2, 0.25) is 5.91 Å². The fraction of sp³-hybridized carbons (Fsp3) is 0.429. The highest BCUT2D eigenvalue weighted by atomic mass is 16.5. The molecule has 0 aliphatic heterocycles. The van der Waals surface area contributed by atoms with Crippen molar-refractivity contribution < 1.29 is 14.3 Å². The standard InChI is InChI=1S/C14H20N2O3/c1-10-4-5-13(8-11(10)2)19-9-14(18)16-7-6-15-12(3)17/h4-5,8H,6-7,9H2,1-3H3,(H,15,17)(H,16,18). The lowest BCUT2D eigenvalue weighted by Gasteiger charge is -2.09. The highest BCUT2D eigenvalue weighted by Gasteiger charge is 2.03. The van der Waals surface area contributed by atoms with Crippen molar-refractivity contribution in [3.8, 4) is 5.75 Å². The van der Waals surface area contributed by atoms with Crippen LogP contribution in [0.1, 0.15) is 18.1 Å². The van der Waals surface area contributed by atoms with E-state index in [0.717, 1.165) is 5.56 Å². The molecular formula is C14H20N2O3. The van der Waals surface area contributed by atoms with Crippen molar-refractivity contribution in [3.05, 3.63) is 29.3 Å². The number of amides is 2. The number of hydrogen-bond acceptors (Lipinski definition) is 3. The van der Waals surface area contributed by atoms with Crippen LogP contribution in [0.2, 0.25) is 0 Å². The van der Waals surface area contributed by atoms with Crippen LogP contribution in [0.3, 0.4) is 0 Å². The number of ether oxygens (including phenoxy) is 1. The molecule has 1 aromatic rings. The molecule has 0 atom stereocenters. The molecule has 0 bridgehead atoms. The average Bonchev–Trinajstić information content (AvgIpc) is 2.36. The lowest BCUT2D eigenvalue weighted by Crippen LogP contribution is -2.36. The number of aryl methyl sites for hydroxylation is 2. The molecule has 0 aliphatic carbocycles. The van der Waals surface area contributed by atoms with Crippen molar-refractivity contribution in [1.29, 1.82) is 0 Å². The summed E-state index contributed by atoms with van der Waals surface area (Å²) in [6, 6.07) is 5.70. The van der Waals surface area contributed by atoms with Crippen LogP contribution in [0.25, 0.3) is 0 Å². The molecular weight excluding hydrogens is 244 g/mol. The minimum absolute atomic E-state index is 0.0252. The van der Waals surface area contributed by atoms with Gasteiger partial charge in [-0.1, -0.05) is 6.07 Å². The zero-order valence-corrected chi connectivity index (χ0v) is 11.6. The van der Waals surface area contributed by atoms with E-state index in [2.05, 4.69) is 10.6 Å². The van der Waals surface area contributed by atoms with Gasteiger partial charge >= 0.3 is 0 Å². The molecule has 1 rings (SSSR count). The fourth-order valence-electron chi connectivity index (χ4n) is 1.44. The molecule has 0 heterocycles. The van der Waals surface area contributed by atoms with E-state index in [0.29, 0.717) is 18.8 Å². The maximum atomic E-state index is 11.5. The van der Waals surface area contributed by atoms with Crippen LogP contribution in [-0.4, -0.2) is 31.5 Å². The smallest absolute Gasteiger partial charge is 0.258 e. The van der Waals surface area contributed by atoms with Gasteiger partial charge < -0.3 is 15.4 Å². The summed E-state index contributed by atoms with van der Waals surface area (Å²) < 4.78 is 5.38. The molecule has 0 fully saturated rings. The quantitative estimate of drug-likeness (QED) is 0.751. The number of nitrogens with one attached hydrogen (secondary N) is 2. The first kappa shape index (κ1) is 15.0. The van der Waals surface area contributed by atoms with E-state index in [-0.39, 0.29) is 18.4 Å². The maximum Gasteiger partial charge on any atom is 0.258 e. The van der Waals surface area contributed by atoms with E-state index < -0.39 is 0 Å². The third-order valence-electron chi connectivity index (χ3n) is 2.67. The summed E-state index contributed by atoms with van der Waals surface area (Å²) in [4.78, 5) is 22.1. The molecule has 1 aromatic carbocycles. The van der Waals surface area contributed by atoms with Gasteiger partial charge in [-0.05, 0) is 37.1 Å². The zero-order chi connectivity index (χ0) is 14.3. The van der Waals surface area contributed by atoms with Gasteiger partial charge in [0.1, 0.15) is 5.75 Å². The topological polar surface area (TPSA) is 67.4 Å². The summed E-state index contributed by atoms with van der Waals surface area (Å²) in [5.74, 6) is 0.365. The predicted molar refractivity (Wildman–Crippen MR) is 73.1 cm³/mol. The number of hydrogen-bond donors (Lipinski definition) is 2. The van der Waals surface area contributed by atoms with E-state index in [1.807, 2.05) is 32.0 Å². The Balaban J connectivity index is 2.26. The number of carbonyl (C=O) groups is 2. The Morgan fingerprint density at radius 3 is 2.42 bits per heavy atom. The Kier molecular flexibility index (Phi) is 5.85. The fourth-order valence-corrected chi connectivity index (χ4v) is 1.44. The largest absolute Gasteiger partial charge is 0.484 e. The van der Waals surface area contributed by atoms with E-state index in [1.165, 1.54) is 12.5 Å². The predicted octanol–water partition coefficient (Wildman–Crippen LogP) is 0.935. The van der Waals surface area contributed by atoms with Crippen LogP contribution in [0.5, 0.6) is 5.75 Å². The molecule has 5 nitrogen and oxygen atoms in total. The molecule has 0 aromatic heterocycles. The summed E-state index contributed by atoms with van der Waals surface area (Å²) in [6.07, 6.45) is 0. The Morgan fingerprint density at radius 1 is 1.11 bits per heavy atom. The second kappa shape index (κ2) is 7.41. The Morgan fingerprint density at radius 2 is 1.79 bits per heavy atom. The Bertz CT molecular complexity index is 458. The molecule has 0 saturated heterocycles. The molecule has 0 radical (unpaired) electrons. The van der Waals surface area contributed by atoms with Crippen LogP contribution in [0.4, 0.5) is 0 Å². The lowest BCUT2D eigenvalue weighted by molar-refractivity contribution is -0.123. The van der Waals surface area contributed by atoms with E-state index in [4.69, 9.17) is 4.74 Å². The number of carbonyl (C=O) groups excluding carboxylic acids is 2. The van der Waals surface area contributed by atoms with Gasteiger partial charge in [-0.15, -0.1) is 0 Å². The van der Waals surface area contributed by atoms with E-state index in [9.17, 15) is 9.59 Å². The first-order valence-electron chi connectivity index (χ1n) is 6.20. The van der Waals surface area contributed by atoms with E-state index >= 15 is 0 Å². The molecule has 5 heteroatoms. The van der Waals surface area contributed by atoms with Crippen molar-refractivity contribution in [1.82, 2.24) is 10.6 Å². The summed E-state index contributed by atoms with van der Waals surface area (Å²) in [7, 11) is 0. The zero-order valence-electron chi connectivity index (χ0n) is 11.6. The summed E-state index contributed by atoms with van der Waals surface area (Å²) in [6.45, 7) is 6.25. The second-order valence-electron chi connectivity index (χ2n) is 4.37. The van der Waals surface area contributed by atoms with Crippen molar-refractivity contribution in [2.24, 2.45) is 0 Å². The monoisotopic (exact) mass is 264 g/mol. The van der Waals surface area contributed by atoms with Crippen molar-refractivity contribution in [3.63, 3.8) is 0 Å². The van der Waals surface area contributed by atoms with Crippen molar-refractivity contribution >= 4 is 11.8 Å². The second-order valence-corrected chi connectivity index (χ2v) is 4.37. The highest BCUT2D eigenvalue weighted by Crippen LogP contribution is 2.16. The molecule has 0 spiro atoms. The third kappa shape index (κ3) is 5.90. The molecule has 0 unspecified atom stereocenters. The SMILES string of the molecule is CC(=O)NCCNC(=O)COc1ccc(C)c(C)c1. The van der Waals surface area contributed by atoms with Crippen molar-refractivity contribution in [2.45, 2.75) is 20.8 Å². The van der Waals surface area contributed by atoms with Crippen LogP contribution in [0.15, 0.2) is 18.2 Å². The van der Waals surface area contributed by atoms with Gasteiger partial charge in [0, 0.05) is 20.0 Å². The van der Waals surface area contributed by atoms with Crippen LogP contribution in [-0.2, 0) is 9.59 Å². The summed E-state index contributed by atoms with van der Waals surface area (Å²) in [5, 5.41) is 5.25. The molecule has 19 heavy (non-hydrogen) atoms. The number of benzene rings is 1. The Hall–Kier alpha value is -2.04. The van der Waals surface area contributed by atoms with Gasteiger partial charge in [-0.25, -0.2) is 0 Å². The average molecular weight is 264 g/mol. The van der Waals surface area contributed by atoms with Crippen LogP contribution >= 0.6 is 0 Å². The highest BCUT2D eigenvalue weighted by molar-refractivity contribution is 5.77. The van der Waals surface area contributed by atoms with Gasteiger partial charge in [-0.3, -0.25) is 9.59 Å². The molecule has 0 aliphatic rings. The molecule has 2 amide bonds. The molecule has 0 saturated carbocycles. The van der Waals surface area contributed by atoms with Gasteiger partial charge in [-0.2, -0.15) is 0 Å². The first-order chi connectivity index (χ1) is 8.99. The minimum atomic E-state index is -0.205. The van der Waals surface area contributed by atoms with Gasteiger partial charge in [0.25, 0.3) is 5.91 Å². The lowest BCUT2D eigenvalue weighted by atomic mass is 10.1. The summed E-state index contributed by atoms with van der Waals surface area (Å²) >= 11 is 0.